The zero-order valence-electron chi connectivity index (χ0n) is 7.75. The molecule has 0 aromatic heterocycles. The molecule has 0 saturated carbocycles. The Bertz CT molecular complexity index is 148. The molecule has 0 aromatic rings. The molecule has 2 nitrogen and oxygen atoms in total. The van der Waals surface area contributed by atoms with Gasteiger partial charge in [0.2, 0.25) is 0 Å². The maximum Gasteiger partial charge on any atom is 0.0745 e. The molecule has 0 bridgehead atoms. The molecule has 1 heterocycles. The van der Waals surface area contributed by atoms with Gasteiger partial charge in [-0.25, -0.2) is 0 Å². The second-order valence-electron chi connectivity index (χ2n) is 3.57. The first-order chi connectivity index (χ1) is 5.70. The Morgan fingerprint density at radius 2 is 2.50 bits per heavy atom. The van der Waals surface area contributed by atoms with Crippen LogP contribution in [0.4, 0.5) is 0 Å². The maximum atomic E-state index is 9.43. The summed E-state index contributed by atoms with van der Waals surface area (Å²) in [7, 11) is 0. The number of aliphatic hydroxyl groups is 1. The fourth-order valence-corrected chi connectivity index (χ4v) is 1.46. The minimum absolute atomic E-state index is 0.339. The Balaban J connectivity index is 2.11. The van der Waals surface area contributed by atoms with Crippen molar-refractivity contribution < 1.29 is 9.84 Å². The van der Waals surface area contributed by atoms with E-state index in [9.17, 15) is 5.11 Å². The van der Waals surface area contributed by atoms with Gasteiger partial charge in [0.25, 0.3) is 0 Å². The van der Waals surface area contributed by atoms with E-state index < -0.39 is 0 Å². The van der Waals surface area contributed by atoms with Gasteiger partial charge in [-0.3, -0.25) is 0 Å². The van der Waals surface area contributed by atoms with Crippen LogP contribution in [0, 0.1) is 0 Å². The van der Waals surface area contributed by atoms with Crippen molar-refractivity contribution >= 4 is 0 Å². The van der Waals surface area contributed by atoms with Crippen LogP contribution < -0.4 is 0 Å². The predicted molar refractivity (Wildman–Crippen MR) is 49.0 cm³/mol. The monoisotopic (exact) mass is 170 g/mol. The van der Waals surface area contributed by atoms with Crippen molar-refractivity contribution in [2.24, 2.45) is 0 Å². The van der Waals surface area contributed by atoms with Crippen molar-refractivity contribution in [3.63, 3.8) is 0 Å². The number of hydrogen-bond donors (Lipinski definition) is 1. The van der Waals surface area contributed by atoms with E-state index in [1.165, 1.54) is 6.42 Å². The third-order valence-corrected chi connectivity index (χ3v) is 2.35. The molecule has 0 aromatic carbocycles. The van der Waals surface area contributed by atoms with Crippen LogP contribution in [0.2, 0.25) is 0 Å². The fourth-order valence-electron chi connectivity index (χ4n) is 1.46. The zero-order chi connectivity index (χ0) is 8.97. The third kappa shape index (κ3) is 2.95. The van der Waals surface area contributed by atoms with Gasteiger partial charge in [-0.15, -0.1) is 0 Å². The average Bonchev–Trinajstić information content (AvgIpc) is 2.51. The Morgan fingerprint density at radius 1 is 1.75 bits per heavy atom. The van der Waals surface area contributed by atoms with Gasteiger partial charge in [-0.05, 0) is 32.6 Å². The van der Waals surface area contributed by atoms with Gasteiger partial charge >= 0.3 is 0 Å². The van der Waals surface area contributed by atoms with E-state index in [-0.39, 0.29) is 6.10 Å². The second kappa shape index (κ2) is 4.63. The molecule has 1 rings (SSSR count). The summed E-state index contributed by atoms with van der Waals surface area (Å²) in [5.41, 5.74) is 0.855. The molecule has 1 fully saturated rings. The quantitative estimate of drug-likeness (QED) is 0.653. The first-order valence-electron chi connectivity index (χ1n) is 4.65. The smallest absolute Gasteiger partial charge is 0.0745 e. The highest BCUT2D eigenvalue weighted by atomic mass is 16.5. The minimum atomic E-state index is -0.339. The maximum absolute atomic E-state index is 9.43. The zero-order valence-corrected chi connectivity index (χ0v) is 7.75. The molecule has 2 unspecified atom stereocenters. The molecular formula is C10H18O2. The summed E-state index contributed by atoms with van der Waals surface area (Å²) >= 11 is 0. The summed E-state index contributed by atoms with van der Waals surface area (Å²) in [5.74, 6) is 0. The van der Waals surface area contributed by atoms with Crippen molar-refractivity contribution in [2.75, 3.05) is 6.61 Å². The predicted octanol–water partition coefficient (Wildman–Crippen LogP) is 1.88. The number of ether oxygens (including phenoxy) is 1. The van der Waals surface area contributed by atoms with Gasteiger partial charge in [0.1, 0.15) is 0 Å². The van der Waals surface area contributed by atoms with Crippen LogP contribution in [0.25, 0.3) is 0 Å². The van der Waals surface area contributed by atoms with Crippen LogP contribution in [0.15, 0.2) is 12.2 Å². The number of hydrogen-bond acceptors (Lipinski definition) is 2. The molecule has 0 amide bonds. The van der Waals surface area contributed by atoms with Crippen LogP contribution >= 0.6 is 0 Å². The van der Waals surface area contributed by atoms with Gasteiger partial charge < -0.3 is 9.84 Å². The molecule has 1 saturated heterocycles. The molecule has 70 valence electrons. The molecule has 0 spiro atoms. The van der Waals surface area contributed by atoms with E-state index >= 15 is 0 Å². The Morgan fingerprint density at radius 3 is 3.00 bits per heavy atom. The average molecular weight is 170 g/mol. The molecule has 1 aliphatic rings. The van der Waals surface area contributed by atoms with E-state index in [0.717, 1.165) is 31.4 Å². The van der Waals surface area contributed by atoms with Gasteiger partial charge in [0.15, 0.2) is 0 Å². The first kappa shape index (κ1) is 9.75. The summed E-state index contributed by atoms with van der Waals surface area (Å²) in [6.07, 6.45) is 4.14. The minimum Gasteiger partial charge on any atom is -0.389 e. The Kier molecular flexibility index (Phi) is 3.76. The summed E-state index contributed by atoms with van der Waals surface area (Å²) in [6.45, 7) is 6.47. The van der Waals surface area contributed by atoms with Crippen LogP contribution in [-0.2, 0) is 4.74 Å². The second-order valence-corrected chi connectivity index (χ2v) is 3.57. The summed E-state index contributed by atoms with van der Waals surface area (Å²) in [6, 6.07) is 0. The molecule has 0 aliphatic carbocycles. The fraction of sp³-hybridized carbons (Fsp3) is 0.800. The van der Waals surface area contributed by atoms with Crippen molar-refractivity contribution in [2.45, 2.75) is 44.8 Å². The summed E-state index contributed by atoms with van der Waals surface area (Å²) < 4.78 is 5.44. The molecule has 2 atom stereocenters. The molecule has 1 aliphatic heterocycles. The third-order valence-electron chi connectivity index (χ3n) is 2.35. The number of rotatable bonds is 4. The summed E-state index contributed by atoms with van der Waals surface area (Å²) in [5, 5.41) is 9.43. The van der Waals surface area contributed by atoms with Crippen LogP contribution in [-0.4, -0.2) is 23.9 Å². The molecular weight excluding hydrogens is 152 g/mol. The highest BCUT2D eigenvalue weighted by molar-refractivity contribution is 4.96. The lowest BCUT2D eigenvalue weighted by molar-refractivity contribution is 0.0881. The first-order valence-corrected chi connectivity index (χ1v) is 4.65. The SMILES string of the molecule is C=C(C)C(O)CCC1CCCO1. The van der Waals surface area contributed by atoms with E-state index in [4.69, 9.17) is 4.74 Å². The van der Waals surface area contributed by atoms with Crippen molar-refractivity contribution in [1.82, 2.24) is 0 Å². The Hall–Kier alpha value is -0.340. The molecule has 12 heavy (non-hydrogen) atoms. The molecule has 0 radical (unpaired) electrons. The van der Waals surface area contributed by atoms with E-state index in [0.29, 0.717) is 6.10 Å². The van der Waals surface area contributed by atoms with Crippen LogP contribution in [0.1, 0.15) is 32.6 Å². The van der Waals surface area contributed by atoms with Gasteiger partial charge in [0.05, 0.1) is 12.2 Å². The highest BCUT2D eigenvalue weighted by Crippen LogP contribution is 2.18. The van der Waals surface area contributed by atoms with E-state index in [1.54, 1.807) is 0 Å². The normalized spacial score (nSPS) is 25.7. The molecule has 1 N–H and O–H groups in total. The van der Waals surface area contributed by atoms with Crippen LogP contribution in [0.5, 0.6) is 0 Å². The van der Waals surface area contributed by atoms with Crippen molar-refractivity contribution in [1.29, 1.82) is 0 Å². The van der Waals surface area contributed by atoms with E-state index in [1.807, 2.05) is 6.92 Å². The van der Waals surface area contributed by atoms with Crippen molar-refractivity contribution in [3.05, 3.63) is 12.2 Å². The van der Waals surface area contributed by atoms with Crippen LogP contribution in [0.3, 0.4) is 0 Å². The van der Waals surface area contributed by atoms with Gasteiger partial charge in [-0.2, -0.15) is 0 Å². The van der Waals surface area contributed by atoms with Gasteiger partial charge in [0, 0.05) is 6.61 Å². The lowest BCUT2D eigenvalue weighted by Crippen LogP contribution is -2.12. The molecule has 2 heteroatoms. The largest absolute Gasteiger partial charge is 0.389 e. The number of aliphatic hydroxyl groups excluding tert-OH is 1. The topological polar surface area (TPSA) is 29.5 Å². The van der Waals surface area contributed by atoms with Crippen molar-refractivity contribution in [3.8, 4) is 0 Å². The lowest BCUT2D eigenvalue weighted by atomic mass is 10.0. The van der Waals surface area contributed by atoms with E-state index in [2.05, 4.69) is 6.58 Å². The van der Waals surface area contributed by atoms with Gasteiger partial charge in [-0.1, -0.05) is 12.2 Å². The lowest BCUT2D eigenvalue weighted by Gasteiger charge is -2.13. The summed E-state index contributed by atoms with van der Waals surface area (Å²) in [4.78, 5) is 0. The highest BCUT2D eigenvalue weighted by Gasteiger charge is 2.16. The Labute approximate surface area is 74.2 Å². The standard InChI is InChI=1S/C10H18O2/c1-8(2)10(11)6-5-9-4-3-7-12-9/h9-11H,1,3-7H2,2H3.